The topological polar surface area (TPSA) is 35.6 Å². The van der Waals surface area contributed by atoms with E-state index in [4.69, 9.17) is 0 Å². The molecule has 1 amide bonds. The number of hydrogen-bond donors (Lipinski definition) is 1. The minimum atomic E-state index is -0.380. The largest absolute Gasteiger partial charge is 0.367 e. The summed E-state index contributed by atoms with van der Waals surface area (Å²) >= 11 is 0. The van der Waals surface area contributed by atoms with Crippen molar-refractivity contribution in [1.29, 1.82) is 0 Å². The second kappa shape index (κ2) is 5.83. The van der Waals surface area contributed by atoms with E-state index in [2.05, 4.69) is 28.2 Å². The highest BCUT2D eigenvalue weighted by atomic mass is 16.2. The second-order valence-electron chi connectivity index (χ2n) is 6.51. The number of hydrogen-bond acceptors (Lipinski definition) is 3. The molecule has 0 saturated carbocycles. The average Bonchev–Trinajstić information content (AvgIpc) is 2.39. The van der Waals surface area contributed by atoms with E-state index in [1.165, 1.54) is 0 Å². The first-order valence-corrected chi connectivity index (χ1v) is 7.22. The van der Waals surface area contributed by atoms with Gasteiger partial charge in [-0.3, -0.25) is 4.79 Å². The predicted octanol–water partition coefficient (Wildman–Crippen LogP) is 2.42. The second-order valence-corrected chi connectivity index (χ2v) is 6.51. The Bertz CT molecular complexity index is 471. The van der Waals surface area contributed by atoms with E-state index >= 15 is 0 Å². The van der Waals surface area contributed by atoms with Crippen molar-refractivity contribution in [1.82, 2.24) is 4.90 Å². The summed E-state index contributed by atoms with van der Waals surface area (Å²) in [7, 11) is 2.14. The summed E-state index contributed by atoms with van der Waals surface area (Å²) in [6, 6.07) is 8.07. The number of likely N-dealkylation sites (N-methyl/N-ethyl adjacent to an activating group) is 1. The molecule has 0 atom stereocenters. The van der Waals surface area contributed by atoms with E-state index < -0.39 is 0 Å². The van der Waals surface area contributed by atoms with Gasteiger partial charge in [0.25, 0.3) is 0 Å². The molecule has 4 heteroatoms. The van der Waals surface area contributed by atoms with E-state index in [-0.39, 0.29) is 11.3 Å². The summed E-state index contributed by atoms with van der Waals surface area (Å²) < 4.78 is 0. The highest BCUT2D eigenvalue weighted by molar-refractivity contribution is 5.97. The molecule has 0 aromatic heterocycles. The van der Waals surface area contributed by atoms with Crippen molar-refractivity contribution in [3.8, 4) is 0 Å². The first kappa shape index (κ1) is 14.9. The summed E-state index contributed by atoms with van der Waals surface area (Å²) in [5.41, 5.74) is 1.66. The zero-order valence-electron chi connectivity index (χ0n) is 12.9. The zero-order valence-corrected chi connectivity index (χ0v) is 12.9. The smallest absolute Gasteiger partial charge is 0.229 e. The molecular weight excluding hydrogens is 250 g/mol. The number of amides is 1. The molecule has 1 saturated heterocycles. The SMILES string of the molecule is CN1CCN(c2ccccc2NC(=O)C(C)(C)C)CC1. The summed E-state index contributed by atoms with van der Waals surface area (Å²) in [6.07, 6.45) is 0. The molecule has 110 valence electrons. The van der Waals surface area contributed by atoms with Gasteiger partial charge in [-0.05, 0) is 19.2 Å². The molecule has 1 aliphatic rings. The Balaban J connectivity index is 2.16. The number of para-hydroxylation sites is 2. The van der Waals surface area contributed by atoms with Crippen LogP contribution in [-0.2, 0) is 4.79 Å². The highest BCUT2D eigenvalue weighted by Gasteiger charge is 2.23. The number of nitrogens with one attached hydrogen (secondary N) is 1. The van der Waals surface area contributed by atoms with Crippen molar-refractivity contribution >= 4 is 17.3 Å². The average molecular weight is 275 g/mol. The summed E-state index contributed by atoms with van der Waals surface area (Å²) in [5.74, 6) is 0.0547. The fourth-order valence-corrected chi connectivity index (χ4v) is 2.21. The minimum Gasteiger partial charge on any atom is -0.367 e. The molecule has 1 N–H and O–H groups in total. The van der Waals surface area contributed by atoms with Crippen LogP contribution in [-0.4, -0.2) is 44.0 Å². The Morgan fingerprint density at radius 3 is 2.30 bits per heavy atom. The summed E-state index contributed by atoms with van der Waals surface area (Å²) in [6.45, 7) is 9.91. The Morgan fingerprint density at radius 2 is 1.70 bits per heavy atom. The molecule has 20 heavy (non-hydrogen) atoms. The van der Waals surface area contributed by atoms with E-state index in [1.54, 1.807) is 0 Å². The maximum absolute atomic E-state index is 12.2. The Morgan fingerprint density at radius 1 is 1.10 bits per heavy atom. The minimum absolute atomic E-state index is 0.0547. The van der Waals surface area contributed by atoms with Crippen molar-refractivity contribution < 1.29 is 4.79 Å². The molecule has 0 spiro atoms. The van der Waals surface area contributed by atoms with Gasteiger partial charge in [0.2, 0.25) is 5.91 Å². The van der Waals surface area contributed by atoms with E-state index in [0.717, 1.165) is 37.6 Å². The first-order valence-electron chi connectivity index (χ1n) is 7.22. The van der Waals surface area contributed by atoms with Gasteiger partial charge < -0.3 is 15.1 Å². The molecule has 0 aliphatic carbocycles. The van der Waals surface area contributed by atoms with Gasteiger partial charge in [0.1, 0.15) is 0 Å². The monoisotopic (exact) mass is 275 g/mol. The third-order valence-electron chi connectivity index (χ3n) is 3.68. The van der Waals surface area contributed by atoms with E-state index in [9.17, 15) is 4.79 Å². The summed E-state index contributed by atoms with van der Waals surface area (Å²) in [4.78, 5) is 16.9. The first-order chi connectivity index (χ1) is 9.38. The van der Waals surface area contributed by atoms with Gasteiger partial charge in [-0.25, -0.2) is 0 Å². The fourth-order valence-electron chi connectivity index (χ4n) is 2.21. The van der Waals surface area contributed by atoms with Gasteiger partial charge in [-0.15, -0.1) is 0 Å². The van der Waals surface area contributed by atoms with Crippen molar-refractivity contribution in [3.63, 3.8) is 0 Å². The number of carbonyl (C=O) groups is 1. The molecule has 1 aromatic carbocycles. The lowest BCUT2D eigenvalue weighted by atomic mass is 9.95. The third-order valence-corrected chi connectivity index (χ3v) is 3.68. The van der Waals surface area contributed by atoms with Crippen LogP contribution in [0, 0.1) is 5.41 Å². The number of anilines is 2. The molecule has 0 bridgehead atoms. The standard InChI is InChI=1S/C16H25N3O/c1-16(2,3)15(20)17-13-7-5-6-8-14(13)19-11-9-18(4)10-12-19/h5-8H,9-12H2,1-4H3,(H,17,20). The molecular formula is C16H25N3O. The van der Waals surface area contributed by atoms with Crippen LogP contribution in [0.15, 0.2) is 24.3 Å². The van der Waals surface area contributed by atoms with Crippen LogP contribution in [0.3, 0.4) is 0 Å². The van der Waals surface area contributed by atoms with Crippen LogP contribution in [0.1, 0.15) is 20.8 Å². The molecule has 1 aliphatic heterocycles. The molecule has 4 nitrogen and oxygen atoms in total. The van der Waals surface area contributed by atoms with Crippen molar-refractivity contribution in [2.24, 2.45) is 5.41 Å². The Labute approximate surface area is 121 Å². The zero-order chi connectivity index (χ0) is 14.8. The van der Waals surface area contributed by atoms with Gasteiger partial charge in [-0.2, -0.15) is 0 Å². The maximum atomic E-state index is 12.2. The lowest BCUT2D eigenvalue weighted by Gasteiger charge is -2.35. The van der Waals surface area contributed by atoms with Crippen molar-refractivity contribution in [2.45, 2.75) is 20.8 Å². The lowest BCUT2D eigenvalue weighted by Crippen LogP contribution is -2.44. The van der Waals surface area contributed by atoms with E-state index in [0.29, 0.717) is 0 Å². The van der Waals surface area contributed by atoms with Crippen LogP contribution >= 0.6 is 0 Å². The van der Waals surface area contributed by atoms with Gasteiger partial charge in [0.15, 0.2) is 0 Å². The van der Waals surface area contributed by atoms with Crippen LogP contribution in [0.5, 0.6) is 0 Å². The van der Waals surface area contributed by atoms with Gasteiger partial charge >= 0.3 is 0 Å². The molecule has 1 fully saturated rings. The Kier molecular flexibility index (Phi) is 4.33. The number of benzene rings is 1. The quantitative estimate of drug-likeness (QED) is 0.900. The number of piperazine rings is 1. The molecule has 0 unspecified atom stereocenters. The number of carbonyl (C=O) groups excluding carboxylic acids is 1. The van der Waals surface area contributed by atoms with Crippen LogP contribution in [0.4, 0.5) is 11.4 Å². The van der Waals surface area contributed by atoms with Crippen molar-refractivity contribution in [2.75, 3.05) is 43.4 Å². The maximum Gasteiger partial charge on any atom is 0.229 e. The van der Waals surface area contributed by atoms with Gasteiger partial charge in [-0.1, -0.05) is 32.9 Å². The van der Waals surface area contributed by atoms with Crippen LogP contribution < -0.4 is 10.2 Å². The molecule has 1 aromatic rings. The Hall–Kier alpha value is -1.55. The van der Waals surface area contributed by atoms with Gasteiger partial charge in [0, 0.05) is 31.6 Å². The lowest BCUT2D eigenvalue weighted by molar-refractivity contribution is -0.123. The normalized spacial score (nSPS) is 17.1. The number of rotatable bonds is 2. The molecule has 0 radical (unpaired) electrons. The fraction of sp³-hybridized carbons (Fsp3) is 0.562. The van der Waals surface area contributed by atoms with Crippen LogP contribution in [0.25, 0.3) is 0 Å². The highest BCUT2D eigenvalue weighted by Crippen LogP contribution is 2.28. The number of nitrogens with zero attached hydrogens (tertiary/aromatic N) is 2. The third kappa shape index (κ3) is 3.51. The summed E-state index contributed by atoms with van der Waals surface area (Å²) in [5, 5.41) is 3.06. The molecule has 2 rings (SSSR count). The predicted molar refractivity (Wildman–Crippen MR) is 84.2 cm³/mol. The van der Waals surface area contributed by atoms with Crippen molar-refractivity contribution in [3.05, 3.63) is 24.3 Å². The van der Waals surface area contributed by atoms with Crippen LogP contribution in [0.2, 0.25) is 0 Å². The molecule has 1 heterocycles. The van der Waals surface area contributed by atoms with Gasteiger partial charge in [0.05, 0.1) is 11.4 Å². The van der Waals surface area contributed by atoms with E-state index in [1.807, 2.05) is 39.0 Å².